The highest BCUT2D eigenvalue weighted by Crippen LogP contribution is 2.48. The van der Waals surface area contributed by atoms with Gasteiger partial charge in [0.05, 0.1) is 28.3 Å². The summed E-state index contributed by atoms with van der Waals surface area (Å²) in [4.78, 5) is 7.39. The number of fused-ring (bicyclic) bond motifs is 2. The Labute approximate surface area is 298 Å². The molecule has 260 valence electrons. The minimum Gasteiger partial charge on any atom is -0.344 e. The standard InChI is InChI=1S/C41H50ClN3O3S/c1-7-9-15-30-16-13-17-32(27-30)31(20-22-37-40(3,4)35-28-33(42)29-44(24-10-8-2)39(35)43-37)21-23-38-41(5,6)34-18-11-12-19-36(34)45(38)25-14-26-49(46,47)48/h11-13,16-23,27-29H,7-10,14-15,24-26H2,1-6H3/p+1. The molecule has 1 aromatic heterocycles. The lowest BCUT2D eigenvalue weighted by Gasteiger charge is -2.27. The zero-order chi connectivity index (χ0) is 35.4. The highest BCUT2D eigenvalue weighted by molar-refractivity contribution is 7.85. The Kier molecular flexibility index (Phi) is 11.4. The number of rotatable bonds is 14. The van der Waals surface area contributed by atoms with Crippen LogP contribution >= 0.6 is 11.6 Å². The lowest BCUT2D eigenvalue weighted by atomic mass is 9.81. The lowest BCUT2D eigenvalue weighted by Crippen LogP contribution is -2.35. The number of aryl methyl sites for hydroxylation is 2. The van der Waals surface area contributed by atoms with Crippen LogP contribution in [0.3, 0.4) is 0 Å². The van der Waals surface area contributed by atoms with Crippen LogP contribution in [0.2, 0.25) is 5.02 Å². The summed E-state index contributed by atoms with van der Waals surface area (Å²) in [5.74, 6) is 0.695. The van der Waals surface area contributed by atoms with Crippen LogP contribution in [0.1, 0.15) is 95.9 Å². The second-order valence-corrected chi connectivity index (χ2v) is 16.3. The van der Waals surface area contributed by atoms with E-state index in [2.05, 4.69) is 118 Å². The van der Waals surface area contributed by atoms with Crippen LogP contribution in [0.25, 0.3) is 5.57 Å². The summed E-state index contributed by atoms with van der Waals surface area (Å²) < 4.78 is 34.8. The van der Waals surface area contributed by atoms with E-state index in [4.69, 9.17) is 16.6 Å². The number of para-hydroxylation sites is 1. The number of pyridine rings is 1. The molecule has 0 saturated heterocycles. The van der Waals surface area contributed by atoms with Crippen molar-refractivity contribution in [2.75, 3.05) is 17.2 Å². The molecule has 3 heterocycles. The van der Waals surface area contributed by atoms with Gasteiger partial charge in [-0.2, -0.15) is 8.42 Å². The Balaban J connectivity index is 1.59. The summed E-state index contributed by atoms with van der Waals surface area (Å²) in [6.07, 6.45) is 16.5. The van der Waals surface area contributed by atoms with Crippen molar-refractivity contribution in [3.63, 3.8) is 0 Å². The molecule has 0 amide bonds. The molecule has 8 heteroatoms. The van der Waals surface area contributed by atoms with E-state index in [0.29, 0.717) is 13.0 Å². The largest absolute Gasteiger partial charge is 0.344 e. The van der Waals surface area contributed by atoms with Crippen molar-refractivity contribution < 1.29 is 17.5 Å². The van der Waals surface area contributed by atoms with Gasteiger partial charge in [-0.1, -0.05) is 107 Å². The molecule has 0 fully saturated rings. The molecule has 5 rings (SSSR count). The average Bonchev–Trinajstić information content (AvgIpc) is 3.43. The zero-order valence-electron chi connectivity index (χ0n) is 29.8. The van der Waals surface area contributed by atoms with Gasteiger partial charge in [0.25, 0.3) is 10.1 Å². The third-order valence-electron chi connectivity index (χ3n) is 9.87. The van der Waals surface area contributed by atoms with E-state index in [9.17, 15) is 13.0 Å². The molecule has 0 aliphatic carbocycles. The number of benzene rings is 2. The Bertz CT molecular complexity index is 1920. The number of hydrogen-bond donors (Lipinski definition) is 1. The number of aromatic nitrogens is 1. The Morgan fingerprint density at radius 1 is 0.959 bits per heavy atom. The van der Waals surface area contributed by atoms with Gasteiger partial charge in [0, 0.05) is 23.3 Å². The van der Waals surface area contributed by atoms with Crippen LogP contribution in [0.15, 0.2) is 95.8 Å². The third-order valence-corrected chi connectivity index (χ3v) is 10.9. The Morgan fingerprint density at radius 2 is 1.71 bits per heavy atom. The van der Waals surface area contributed by atoms with Gasteiger partial charge in [0.1, 0.15) is 6.20 Å². The van der Waals surface area contributed by atoms with Crippen molar-refractivity contribution in [3.05, 3.63) is 118 Å². The van der Waals surface area contributed by atoms with Gasteiger partial charge in [-0.3, -0.25) is 4.55 Å². The second kappa shape index (κ2) is 15.2. The van der Waals surface area contributed by atoms with Crippen molar-refractivity contribution in [2.45, 2.75) is 97.4 Å². The van der Waals surface area contributed by atoms with Crippen LogP contribution in [0, 0.1) is 0 Å². The maximum absolute atomic E-state index is 11.6. The normalized spacial score (nSPS) is 17.6. The number of aliphatic imine (C=N–C) groups is 1. The monoisotopic (exact) mass is 700 g/mol. The summed E-state index contributed by atoms with van der Waals surface area (Å²) in [5, 5.41) is 0.723. The molecule has 6 nitrogen and oxygen atoms in total. The highest BCUT2D eigenvalue weighted by Gasteiger charge is 2.43. The summed E-state index contributed by atoms with van der Waals surface area (Å²) in [5.41, 5.74) is 8.31. The average molecular weight is 701 g/mol. The predicted octanol–water partition coefficient (Wildman–Crippen LogP) is 9.73. The number of nitrogens with zero attached hydrogens (tertiary/aromatic N) is 3. The predicted molar refractivity (Wildman–Crippen MR) is 205 cm³/mol. The van der Waals surface area contributed by atoms with Crippen molar-refractivity contribution in [3.8, 4) is 0 Å². The molecule has 1 N–H and O–H groups in total. The maximum Gasteiger partial charge on any atom is 0.327 e. The molecule has 0 saturated carbocycles. The van der Waals surface area contributed by atoms with E-state index in [-0.39, 0.29) is 16.6 Å². The maximum atomic E-state index is 11.6. The molecule has 49 heavy (non-hydrogen) atoms. The van der Waals surface area contributed by atoms with Crippen molar-refractivity contribution >= 4 is 44.5 Å². The first kappa shape index (κ1) is 36.8. The number of hydrogen-bond acceptors (Lipinski definition) is 4. The van der Waals surface area contributed by atoms with E-state index >= 15 is 0 Å². The number of unbranched alkanes of at least 4 members (excludes halogenated alkanes) is 2. The Morgan fingerprint density at radius 3 is 2.45 bits per heavy atom. The molecule has 2 aliphatic rings. The van der Waals surface area contributed by atoms with Gasteiger partial charge in [0.2, 0.25) is 0 Å². The van der Waals surface area contributed by atoms with E-state index in [1.807, 2.05) is 18.3 Å². The molecule has 0 radical (unpaired) electrons. The molecule has 0 bridgehead atoms. The summed E-state index contributed by atoms with van der Waals surface area (Å²) in [7, 11) is -4.05. The minimum atomic E-state index is -4.05. The molecule has 2 aromatic carbocycles. The quantitative estimate of drug-likeness (QED) is 0.103. The van der Waals surface area contributed by atoms with E-state index < -0.39 is 10.1 Å². The molecule has 0 atom stereocenters. The van der Waals surface area contributed by atoms with E-state index in [1.54, 1.807) is 0 Å². The minimum absolute atomic E-state index is 0.280. The van der Waals surface area contributed by atoms with Gasteiger partial charge >= 0.3 is 5.82 Å². The molecule has 0 unspecified atom stereocenters. The molecular weight excluding hydrogens is 650 g/mol. The third kappa shape index (κ3) is 8.28. The molecular formula is C41H51ClN3O3S+. The zero-order valence-corrected chi connectivity index (χ0v) is 31.4. The fourth-order valence-electron chi connectivity index (χ4n) is 6.98. The number of halogens is 1. The highest BCUT2D eigenvalue weighted by atomic mass is 35.5. The molecule has 0 spiro atoms. The smallest absolute Gasteiger partial charge is 0.327 e. The summed E-state index contributed by atoms with van der Waals surface area (Å²) >= 11 is 6.62. The Hall–Kier alpha value is -3.52. The van der Waals surface area contributed by atoms with Crippen LogP contribution in [-0.4, -0.2) is 31.0 Å². The first-order valence-electron chi connectivity index (χ1n) is 17.6. The van der Waals surface area contributed by atoms with Gasteiger partial charge in [-0.15, -0.1) is 0 Å². The first-order chi connectivity index (χ1) is 23.3. The van der Waals surface area contributed by atoms with Crippen LogP contribution in [-0.2, 0) is 33.9 Å². The number of anilines is 1. The van der Waals surface area contributed by atoms with Gasteiger partial charge < -0.3 is 4.90 Å². The van der Waals surface area contributed by atoms with Crippen molar-refractivity contribution in [1.82, 2.24) is 0 Å². The van der Waals surface area contributed by atoms with Gasteiger partial charge in [0.15, 0.2) is 5.71 Å². The van der Waals surface area contributed by atoms with Crippen LogP contribution < -0.4 is 9.47 Å². The summed E-state index contributed by atoms with van der Waals surface area (Å²) in [6, 6.07) is 19.1. The fraction of sp³-hybridized carbons (Fsp3) is 0.415. The molecule has 3 aromatic rings. The fourth-order valence-corrected chi connectivity index (χ4v) is 7.71. The van der Waals surface area contributed by atoms with E-state index in [0.717, 1.165) is 83.3 Å². The van der Waals surface area contributed by atoms with Gasteiger partial charge in [-0.25, -0.2) is 4.57 Å². The van der Waals surface area contributed by atoms with Crippen LogP contribution in [0.4, 0.5) is 11.5 Å². The van der Waals surface area contributed by atoms with Crippen LogP contribution in [0.5, 0.6) is 0 Å². The number of allylic oxidation sites excluding steroid dienone is 6. The first-order valence-corrected chi connectivity index (χ1v) is 19.6. The SMILES string of the molecule is CCCCc1cccc(C(=C\C=C2\N(CCCS(=O)(=O)O)c3ccccc3C2(C)C)/C=C/C2=Nc3c(cc(Cl)c[n+]3CCCC)C2(C)C)c1. The van der Waals surface area contributed by atoms with E-state index in [1.165, 1.54) is 11.1 Å². The summed E-state index contributed by atoms with van der Waals surface area (Å²) in [6.45, 7) is 14.6. The lowest BCUT2D eigenvalue weighted by molar-refractivity contribution is -0.684. The van der Waals surface area contributed by atoms with Gasteiger partial charge in [-0.05, 0) is 91.1 Å². The van der Waals surface area contributed by atoms with Crippen molar-refractivity contribution in [1.29, 1.82) is 0 Å². The topological polar surface area (TPSA) is 73.8 Å². The van der Waals surface area contributed by atoms with Crippen molar-refractivity contribution in [2.24, 2.45) is 4.99 Å². The second-order valence-electron chi connectivity index (χ2n) is 14.3. The molecule has 2 aliphatic heterocycles.